The number of anilines is 3. The van der Waals surface area contributed by atoms with Crippen molar-refractivity contribution in [1.82, 2.24) is 4.98 Å². The van der Waals surface area contributed by atoms with E-state index in [0.717, 1.165) is 23.8 Å². The summed E-state index contributed by atoms with van der Waals surface area (Å²) in [5.74, 6) is 0. The molecule has 94 valence electrons. The second kappa shape index (κ2) is 4.28. The maximum Gasteiger partial charge on any atom is 0.190 e. The first-order chi connectivity index (χ1) is 8.65. The molecule has 2 heterocycles. The van der Waals surface area contributed by atoms with E-state index in [-0.39, 0.29) is 0 Å². The van der Waals surface area contributed by atoms with Gasteiger partial charge in [0.25, 0.3) is 0 Å². The Morgan fingerprint density at radius 1 is 1.33 bits per heavy atom. The van der Waals surface area contributed by atoms with Crippen molar-refractivity contribution in [3.8, 4) is 0 Å². The zero-order valence-corrected chi connectivity index (χ0v) is 11.8. The van der Waals surface area contributed by atoms with E-state index in [2.05, 4.69) is 54.3 Å². The second-order valence-corrected chi connectivity index (χ2v) is 5.90. The van der Waals surface area contributed by atoms with Crippen molar-refractivity contribution in [1.29, 1.82) is 0 Å². The predicted molar refractivity (Wildman–Crippen MR) is 78.3 cm³/mol. The Kier molecular flexibility index (Phi) is 2.74. The molecular weight excluding hydrogens is 242 g/mol. The van der Waals surface area contributed by atoms with Crippen LogP contribution in [0.2, 0.25) is 0 Å². The quantitative estimate of drug-likeness (QED) is 0.894. The van der Waals surface area contributed by atoms with Crippen LogP contribution < -0.4 is 10.2 Å². The number of aryl methyl sites for hydroxylation is 2. The molecule has 1 N–H and O–H groups in total. The minimum Gasteiger partial charge on any atom is -0.384 e. The lowest BCUT2D eigenvalue weighted by molar-refractivity contribution is 1.10. The number of aromatic nitrogens is 1. The van der Waals surface area contributed by atoms with E-state index in [9.17, 15) is 0 Å². The number of benzene rings is 1. The molecule has 3 nitrogen and oxygen atoms in total. The summed E-state index contributed by atoms with van der Waals surface area (Å²) in [7, 11) is 2.09. The maximum atomic E-state index is 4.61. The second-order valence-electron chi connectivity index (χ2n) is 4.72. The van der Waals surface area contributed by atoms with Gasteiger partial charge in [0.05, 0.1) is 5.69 Å². The Labute approximate surface area is 111 Å². The zero-order valence-electron chi connectivity index (χ0n) is 10.9. The van der Waals surface area contributed by atoms with Gasteiger partial charge >= 0.3 is 0 Å². The van der Waals surface area contributed by atoms with Gasteiger partial charge in [-0.05, 0) is 44.0 Å². The van der Waals surface area contributed by atoms with E-state index in [4.69, 9.17) is 0 Å². The van der Waals surface area contributed by atoms with Gasteiger partial charge in [0, 0.05) is 29.8 Å². The summed E-state index contributed by atoms with van der Waals surface area (Å²) >= 11 is 1.75. The lowest BCUT2D eigenvalue weighted by Crippen LogP contribution is -2.09. The average molecular weight is 259 g/mol. The maximum absolute atomic E-state index is 4.61. The Balaban J connectivity index is 1.94. The summed E-state index contributed by atoms with van der Waals surface area (Å²) in [6.07, 6.45) is 1.12. The van der Waals surface area contributed by atoms with Crippen LogP contribution in [-0.4, -0.2) is 18.6 Å². The standard InChI is InChI=1S/C14H17N3S/c1-9-10(2)18-14(16-9)17(3)12-4-5-13-11(8-12)6-7-15-13/h4-5,8,15H,6-7H2,1-3H3. The Bertz CT molecular complexity index is 569. The number of nitrogens with zero attached hydrogens (tertiary/aromatic N) is 2. The Hall–Kier alpha value is -1.55. The monoisotopic (exact) mass is 259 g/mol. The van der Waals surface area contributed by atoms with Crippen LogP contribution in [0.25, 0.3) is 0 Å². The van der Waals surface area contributed by atoms with Crippen LogP contribution in [0.1, 0.15) is 16.1 Å². The van der Waals surface area contributed by atoms with Gasteiger partial charge < -0.3 is 10.2 Å². The molecule has 18 heavy (non-hydrogen) atoms. The molecule has 1 aliphatic rings. The lowest BCUT2D eigenvalue weighted by Gasteiger charge is -2.16. The van der Waals surface area contributed by atoms with E-state index in [1.165, 1.54) is 21.8 Å². The molecule has 0 bridgehead atoms. The molecule has 2 aromatic rings. The van der Waals surface area contributed by atoms with Crippen LogP contribution in [0.3, 0.4) is 0 Å². The zero-order chi connectivity index (χ0) is 12.7. The van der Waals surface area contributed by atoms with Crippen LogP contribution >= 0.6 is 11.3 Å². The molecular formula is C14H17N3S. The molecule has 0 atom stereocenters. The van der Waals surface area contributed by atoms with E-state index in [0.29, 0.717) is 0 Å². The summed E-state index contributed by atoms with van der Waals surface area (Å²) in [5, 5.41) is 4.45. The van der Waals surface area contributed by atoms with Crippen LogP contribution in [0.4, 0.5) is 16.5 Å². The first-order valence-corrected chi connectivity index (χ1v) is 7.01. The summed E-state index contributed by atoms with van der Waals surface area (Å²) in [6, 6.07) is 6.59. The minimum absolute atomic E-state index is 1.05. The summed E-state index contributed by atoms with van der Waals surface area (Å²) < 4.78 is 0. The third-order valence-corrected chi connectivity index (χ3v) is 4.64. The first-order valence-electron chi connectivity index (χ1n) is 6.20. The van der Waals surface area contributed by atoms with Crippen molar-refractivity contribution in [2.45, 2.75) is 20.3 Å². The Morgan fingerprint density at radius 2 is 2.17 bits per heavy atom. The Morgan fingerprint density at radius 3 is 2.89 bits per heavy atom. The molecule has 1 aromatic carbocycles. The van der Waals surface area contributed by atoms with Gasteiger partial charge in [0.15, 0.2) is 5.13 Å². The molecule has 0 saturated heterocycles. The van der Waals surface area contributed by atoms with Crippen LogP contribution in [0.5, 0.6) is 0 Å². The number of rotatable bonds is 2. The van der Waals surface area contributed by atoms with Crippen molar-refractivity contribution in [2.24, 2.45) is 0 Å². The molecule has 0 spiro atoms. The summed E-state index contributed by atoms with van der Waals surface area (Å²) in [4.78, 5) is 8.07. The van der Waals surface area contributed by atoms with Crippen molar-refractivity contribution < 1.29 is 0 Å². The van der Waals surface area contributed by atoms with E-state index in [1.54, 1.807) is 11.3 Å². The number of fused-ring (bicyclic) bond motifs is 1. The average Bonchev–Trinajstić information content (AvgIpc) is 2.95. The smallest absolute Gasteiger partial charge is 0.190 e. The highest BCUT2D eigenvalue weighted by atomic mass is 32.1. The van der Waals surface area contributed by atoms with Gasteiger partial charge in [0.2, 0.25) is 0 Å². The molecule has 1 aromatic heterocycles. The summed E-state index contributed by atoms with van der Waals surface area (Å²) in [6.45, 7) is 5.24. The van der Waals surface area contributed by atoms with Crippen LogP contribution in [0.15, 0.2) is 18.2 Å². The molecule has 0 aliphatic carbocycles. The number of nitrogens with one attached hydrogen (secondary N) is 1. The summed E-state index contributed by atoms with van der Waals surface area (Å²) in [5.41, 5.74) is 5.03. The van der Waals surface area contributed by atoms with E-state index in [1.807, 2.05) is 0 Å². The van der Waals surface area contributed by atoms with Crippen LogP contribution in [-0.2, 0) is 6.42 Å². The minimum atomic E-state index is 1.05. The fourth-order valence-electron chi connectivity index (χ4n) is 2.21. The van der Waals surface area contributed by atoms with Gasteiger partial charge in [-0.15, -0.1) is 11.3 Å². The fourth-order valence-corrected chi connectivity index (χ4v) is 3.10. The highest BCUT2D eigenvalue weighted by Crippen LogP contribution is 2.33. The molecule has 4 heteroatoms. The van der Waals surface area contributed by atoms with E-state index < -0.39 is 0 Å². The molecule has 1 aliphatic heterocycles. The van der Waals surface area contributed by atoms with Gasteiger partial charge in [-0.3, -0.25) is 0 Å². The fraction of sp³-hybridized carbons (Fsp3) is 0.357. The van der Waals surface area contributed by atoms with Gasteiger partial charge in [-0.25, -0.2) is 4.98 Å². The number of hydrogen-bond donors (Lipinski definition) is 1. The third-order valence-electron chi connectivity index (χ3n) is 3.49. The largest absolute Gasteiger partial charge is 0.384 e. The predicted octanol–water partition coefficient (Wildman–Crippen LogP) is 3.50. The molecule has 0 unspecified atom stereocenters. The van der Waals surface area contributed by atoms with Crippen LogP contribution in [0, 0.1) is 13.8 Å². The van der Waals surface area contributed by atoms with Gasteiger partial charge in [-0.2, -0.15) is 0 Å². The molecule has 0 fully saturated rings. The highest BCUT2D eigenvalue weighted by Gasteiger charge is 2.14. The normalized spacial score (nSPS) is 13.3. The van der Waals surface area contributed by atoms with E-state index >= 15 is 0 Å². The molecule has 0 amide bonds. The number of hydrogen-bond acceptors (Lipinski definition) is 4. The highest BCUT2D eigenvalue weighted by molar-refractivity contribution is 7.15. The van der Waals surface area contributed by atoms with Crippen molar-refractivity contribution in [2.75, 3.05) is 23.8 Å². The topological polar surface area (TPSA) is 28.2 Å². The third kappa shape index (κ3) is 1.86. The van der Waals surface area contributed by atoms with Crippen molar-refractivity contribution in [3.63, 3.8) is 0 Å². The SMILES string of the molecule is Cc1nc(N(C)c2ccc3c(c2)CCN3)sc1C. The molecule has 3 rings (SSSR count). The van der Waals surface area contributed by atoms with Gasteiger partial charge in [0.1, 0.15) is 0 Å². The van der Waals surface area contributed by atoms with Crippen molar-refractivity contribution >= 4 is 27.8 Å². The molecule has 0 saturated carbocycles. The first kappa shape index (κ1) is 11.5. The lowest BCUT2D eigenvalue weighted by atomic mass is 10.1. The molecule has 0 radical (unpaired) electrons. The van der Waals surface area contributed by atoms with Crippen molar-refractivity contribution in [3.05, 3.63) is 34.3 Å². The number of thiazole rings is 1. The van der Waals surface area contributed by atoms with Gasteiger partial charge in [-0.1, -0.05) is 0 Å².